The highest BCUT2D eigenvalue weighted by atomic mass is 16.1. The van der Waals surface area contributed by atoms with Crippen molar-refractivity contribution in [3.05, 3.63) is 53.9 Å². The number of benzene rings is 1. The van der Waals surface area contributed by atoms with Crippen LogP contribution in [-0.4, -0.2) is 38.7 Å². The molecular formula is C21H25N5O. The lowest BCUT2D eigenvalue weighted by Gasteiger charge is -2.32. The molecule has 1 N–H and O–H groups in total. The largest absolute Gasteiger partial charge is 0.326 e. The number of carbonyl (C=O) groups is 1. The zero-order chi connectivity index (χ0) is 18.8. The number of nitrogens with one attached hydrogen (secondary N) is 1. The minimum Gasteiger partial charge on any atom is -0.326 e. The van der Waals surface area contributed by atoms with Crippen LogP contribution in [0.25, 0.3) is 11.0 Å². The van der Waals surface area contributed by atoms with Crippen LogP contribution in [0.3, 0.4) is 0 Å². The summed E-state index contributed by atoms with van der Waals surface area (Å²) >= 11 is 0. The Morgan fingerprint density at radius 3 is 2.93 bits per heavy atom. The number of piperidine rings is 1. The van der Waals surface area contributed by atoms with E-state index in [0.29, 0.717) is 0 Å². The highest BCUT2D eigenvalue weighted by Crippen LogP contribution is 2.22. The van der Waals surface area contributed by atoms with Gasteiger partial charge in [0, 0.05) is 37.4 Å². The zero-order valence-electron chi connectivity index (χ0n) is 15.9. The Labute approximate surface area is 159 Å². The molecule has 6 heteroatoms. The number of fused-ring (bicyclic) bond motifs is 1. The number of amides is 1. The summed E-state index contributed by atoms with van der Waals surface area (Å²) in [6, 6.07) is 11.9. The van der Waals surface area contributed by atoms with Crippen molar-refractivity contribution in [2.45, 2.75) is 26.3 Å². The Kier molecular flexibility index (Phi) is 4.90. The zero-order valence-corrected chi connectivity index (χ0v) is 15.9. The van der Waals surface area contributed by atoms with E-state index < -0.39 is 0 Å². The molecule has 6 nitrogen and oxygen atoms in total. The summed E-state index contributed by atoms with van der Waals surface area (Å²) in [5.41, 5.74) is 3.94. The summed E-state index contributed by atoms with van der Waals surface area (Å²) in [6.07, 6.45) is 3.90. The van der Waals surface area contributed by atoms with Crippen LogP contribution in [0.4, 0.5) is 5.69 Å². The van der Waals surface area contributed by atoms with Crippen molar-refractivity contribution >= 4 is 22.6 Å². The van der Waals surface area contributed by atoms with Gasteiger partial charge in [0.15, 0.2) is 5.65 Å². The molecule has 1 aliphatic rings. The van der Waals surface area contributed by atoms with E-state index >= 15 is 0 Å². The van der Waals surface area contributed by atoms with Gasteiger partial charge >= 0.3 is 0 Å². The number of rotatable bonds is 4. The van der Waals surface area contributed by atoms with Gasteiger partial charge in [-0.1, -0.05) is 18.2 Å². The molecule has 1 aromatic carbocycles. The van der Waals surface area contributed by atoms with Crippen LogP contribution >= 0.6 is 0 Å². The Bertz CT molecular complexity index is 950. The number of aryl methyl sites for hydroxylation is 2. The van der Waals surface area contributed by atoms with E-state index in [0.717, 1.165) is 54.9 Å². The number of para-hydroxylation sites is 1. The molecular weight excluding hydrogens is 338 g/mol. The van der Waals surface area contributed by atoms with Crippen LogP contribution in [0.2, 0.25) is 0 Å². The number of aromatic nitrogens is 3. The summed E-state index contributed by atoms with van der Waals surface area (Å²) in [6.45, 7) is 4.62. The highest BCUT2D eigenvalue weighted by Gasteiger charge is 2.26. The van der Waals surface area contributed by atoms with Gasteiger partial charge in [0.25, 0.3) is 0 Å². The molecule has 0 bridgehead atoms. The van der Waals surface area contributed by atoms with Crippen molar-refractivity contribution in [2.24, 2.45) is 13.0 Å². The Morgan fingerprint density at radius 1 is 1.30 bits per heavy atom. The number of carbonyl (C=O) groups excluding carboxylic acids is 1. The summed E-state index contributed by atoms with van der Waals surface area (Å²) in [5.74, 6) is 0.137. The number of nitrogens with zero attached hydrogens (tertiary/aromatic N) is 4. The number of anilines is 1. The second-order valence-corrected chi connectivity index (χ2v) is 7.35. The molecule has 0 spiro atoms. The lowest BCUT2D eigenvalue weighted by atomic mass is 9.96. The second kappa shape index (κ2) is 7.48. The Hall–Kier alpha value is -2.73. The smallest absolute Gasteiger partial charge is 0.228 e. The predicted molar refractivity (Wildman–Crippen MR) is 106 cm³/mol. The number of hydrogen-bond donors (Lipinski definition) is 1. The summed E-state index contributed by atoms with van der Waals surface area (Å²) in [7, 11) is 1.92. The van der Waals surface area contributed by atoms with Gasteiger partial charge < -0.3 is 5.32 Å². The molecule has 1 amide bonds. The van der Waals surface area contributed by atoms with Crippen LogP contribution in [0.5, 0.6) is 0 Å². The third kappa shape index (κ3) is 3.85. The van der Waals surface area contributed by atoms with Crippen molar-refractivity contribution in [2.75, 3.05) is 18.4 Å². The topological polar surface area (TPSA) is 63.1 Å². The van der Waals surface area contributed by atoms with Gasteiger partial charge in [-0.15, -0.1) is 0 Å². The standard InChI is InChI=1S/C21H25N5O/c1-15-19-11-16(12-22-20(19)25(2)24-15)13-26-10-6-7-17(14-26)21(27)23-18-8-4-3-5-9-18/h3-5,8-9,11-12,17H,6-7,10,13-14H2,1-2H3,(H,23,27). The van der Waals surface area contributed by atoms with E-state index in [-0.39, 0.29) is 11.8 Å². The van der Waals surface area contributed by atoms with Crippen molar-refractivity contribution in [1.82, 2.24) is 19.7 Å². The van der Waals surface area contributed by atoms with Crippen molar-refractivity contribution in [1.29, 1.82) is 0 Å². The summed E-state index contributed by atoms with van der Waals surface area (Å²) < 4.78 is 1.82. The van der Waals surface area contributed by atoms with Crippen molar-refractivity contribution < 1.29 is 4.79 Å². The predicted octanol–water partition coefficient (Wildman–Crippen LogP) is 3.13. The lowest BCUT2D eigenvalue weighted by molar-refractivity contribution is -0.121. The molecule has 4 rings (SSSR count). The van der Waals surface area contributed by atoms with E-state index in [2.05, 4.69) is 26.4 Å². The number of hydrogen-bond acceptors (Lipinski definition) is 4. The monoisotopic (exact) mass is 363 g/mol. The van der Waals surface area contributed by atoms with E-state index in [4.69, 9.17) is 0 Å². The number of pyridine rings is 1. The molecule has 27 heavy (non-hydrogen) atoms. The fourth-order valence-electron chi connectivity index (χ4n) is 3.87. The normalized spacial score (nSPS) is 17.9. The first-order valence-electron chi connectivity index (χ1n) is 9.46. The van der Waals surface area contributed by atoms with Crippen LogP contribution in [0.15, 0.2) is 42.6 Å². The van der Waals surface area contributed by atoms with Gasteiger partial charge in [-0.25, -0.2) is 4.98 Å². The van der Waals surface area contributed by atoms with Gasteiger partial charge in [-0.3, -0.25) is 14.4 Å². The first kappa shape index (κ1) is 17.7. The van der Waals surface area contributed by atoms with E-state index in [1.165, 1.54) is 5.56 Å². The quantitative estimate of drug-likeness (QED) is 0.774. The molecule has 1 aliphatic heterocycles. The maximum atomic E-state index is 12.6. The molecule has 140 valence electrons. The minimum atomic E-state index is 0.0239. The van der Waals surface area contributed by atoms with Crippen molar-refractivity contribution in [3.63, 3.8) is 0 Å². The van der Waals surface area contributed by atoms with Gasteiger partial charge in [-0.2, -0.15) is 5.10 Å². The van der Waals surface area contributed by atoms with Gasteiger partial charge in [0.1, 0.15) is 0 Å². The maximum absolute atomic E-state index is 12.6. The van der Waals surface area contributed by atoms with Crippen LogP contribution in [0, 0.1) is 12.8 Å². The molecule has 3 heterocycles. The van der Waals surface area contributed by atoms with Crippen LogP contribution in [-0.2, 0) is 18.4 Å². The van der Waals surface area contributed by atoms with Crippen molar-refractivity contribution in [3.8, 4) is 0 Å². The fraction of sp³-hybridized carbons (Fsp3) is 0.381. The van der Waals surface area contributed by atoms with E-state index in [1.807, 2.05) is 55.2 Å². The molecule has 2 aromatic heterocycles. The molecule has 1 saturated heterocycles. The van der Waals surface area contributed by atoms with Crippen LogP contribution in [0.1, 0.15) is 24.1 Å². The lowest BCUT2D eigenvalue weighted by Crippen LogP contribution is -2.40. The van der Waals surface area contributed by atoms with E-state index in [9.17, 15) is 4.79 Å². The third-order valence-electron chi connectivity index (χ3n) is 5.24. The fourth-order valence-corrected chi connectivity index (χ4v) is 3.87. The molecule has 3 aromatic rings. The SMILES string of the molecule is Cc1nn(C)c2ncc(CN3CCCC(C(=O)Nc4ccccc4)C3)cc12. The molecule has 0 radical (unpaired) electrons. The maximum Gasteiger partial charge on any atom is 0.228 e. The molecule has 1 fully saturated rings. The summed E-state index contributed by atoms with van der Waals surface area (Å²) in [5, 5.41) is 8.58. The van der Waals surface area contributed by atoms with Gasteiger partial charge in [0.2, 0.25) is 5.91 Å². The highest BCUT2D eigenvalue weighted by molar-refractivity contribution is 5.92. The first-order chi connectivity index (χ1) is 13.1. The third-order valence-corrected chi connectivity index (χ3v) is 5.24. The van der Waals surface area contributed by atoms with E-state index in [1.54, 1.807) is 0 Å². The minimum absolute atomic E-state index is 0.0239. The molecule has 0 aliphatic carbocycles. The molecule has 0 saturated carbocycles. The Balaban J connectivity index is 1.42. The number of likely N-dealkylation sites (tertiary alicyclic amines) is 1. The molecule has 1 unspecified atom stereocenters. The first-order valence-corrected chi connectivity index (χ1v) is 9.46. The van der Waals surface area contributed by atoms with Gasteiger partial charge in [-0.05, 0) is 50.1 Å². The average molecular weight is 363 g/mol. The summed E-state index contributed by atoms with van der Waals surface area (Å²) in [4.78, 5) is 19.6. The van der Waals surface area contributed by atoms with Gasteiger partial charge in [0.05, 0.1) is 11.6 Å². The second-order valence-electron chi connectivity index (χ2n) is 7.35. The average Bonchev–Trinajstić information content (AvgIpc) is 2.96. The Morgan fingerprint density at radius 2 is 2.11 bits per heavy atom. The van der Waals surface area contributed by atoms with Crippen LogP contribution < -0.4 is 5.32 Å². The molecule has 1 atom stereocenters.